The minimum Gasteiger partial charge on any atom is -0.316 e. The number of hydrogen-bond donors (Lipinski definition) is 1. The molecule has 110 valence electrons. The van der Waals surface area contributed by atoms with E-state index in [2.05, 4.69) is 42.3 Å². The average molecular weight is 289 g/mol. The highest BCUT2D eigenvalue weighted by Crippen LogP contribution is 2.34. The highest BCUT2D eigenvalue weighted by atomic mass is 32.2. The van der Waals surface area contributed by atoms with Crippen LogP contribution in [-0.2, 0) is 12.8 Å². The van der Waals surface area contributed by atoms with Gasteiger partial charge in [0.25, 0.3) is 0 Å². The van der Waals surface area contributed by atoms with E-state index < -0.39 is 0 Å². The molecule has 1 nitrogen and oxygen atoms in total. The summed E-state index contributed by atoms with van der Waals surface area (Å²) < 4.78 is 0. The summed E-state index contributed by atoms with van der Waals surface area (Å²) in [6, 6.07) is 7.90. The molecule has 1 fully saturated rings. The highest BCUT2D eigenvalue weighted by molar-refractivity contribution is 8.00. The van der Waals surface area contributed by atoms with Crippen LogP contribution in [0.4, 0.5) is 0 Å². The topological polar surface area (TPSA) is 12.0 Å². The number of rotatable bonds is 3. The molecule has 0 aromatic heterocycles. The maximum Gasteiger partial charge on any atom is 0.0248 e. The molecule has 2 unspecified atom stereocenters. The predicted molar refractivity (Wildman–Crippen MR) is 88.7 cm³/mol. The highest BCUT2D eigenvalue weighted by Gasteiger charge is 2.23. The zero-order chi connectivity index (χ0) is 13.8. The zero-order valence-corrected chi connectivity index (χ0v) is 13.5. The number of benzene rings is 1. The number of aryl methyl sites for hydroxylation is 2. The summed E-state index contributed by atoms with van der Waals surface area (Å²) in [5, 5.41) is 4.32. The zero-order valence-electron chi connectivity index (χ0n) is 12.7. The first-order chi connectivity index (χ1) is 9.86. The third-order valence-electron chi connectivity index (χ3n) is 4.93. The summed E-state index contributed by atoms with van der Waals surface area (Å²) in [6.07, 6.45) is 12.3. The Morgan fingerprint density at radius 2 is 1.75 bits per heavy atom. The fourth-order valence-electron chi connectivity index (χ4n) is 3.72. The lowest BCUT2D eigenvalue weighted by Crippen LogP contribution is -2.36. The molecule has 0 amide bonds. The summed E-state index contributed by atoms with van der Waals surface area (Å²) in [5.74, 6) is 0. The van der Waals surface area contributed by atoms with Gasteiger partial charge < -0.3 is 5.32 Å². The van der Waals surface area contributed by atoms with Crippen molar-refractivity contribution in [3.8, 4) is 0 Å². The molecule has 2 heteroatoms. The fourth-order valence-corrected chi connectivity index (χ4v) is 5.15. The van der Waals surface area contributed by atoms with Gasteiger partial charge in [0.2, 0.25) is 0 Å². The molecule has 1 aromatic rings. The van der Waals surface area contributed by atoms with Gasteiger partial charge in [0.1, 0.15) is 0 Å². The van der Waals surface area contributed by atoms with Crippen molar-refractivity contribution in [2.24, 2.45) is 0 Å². The van der Waals surface area contributed by atoms with Gasteiger partial charge in [0.15, 0.2) is 0 Å². The molecule has 1 N–H and O–H groups in total. The molecule has 0 spiro atoms. The SMILES string of the molecule is CNC1CCCCCCC1Sc1ccc2c(c1)CCC2. The lowest BCUT2D eigenvalue weighted by molar-refractivity contribution is 0.420. The molecule has 1 aromatic carbocycles. The predicted octanol–water partition coefficient (Wildman–Crippen LogP) is 4.58. The number of hydrogen-bond acceptors (Lipinski definition) is 2. The van der Waals surface area contributed by atoms with Crippen molar-refractivity contribution in [3.05, 3.63) is 29.3 Å². The molecule has 1 saturated carbocycles. The fraction of sp³-hybridized carbons (Fsp3) is 0.667. The third-order valence-corrected chi connectivity index (χ3v) is 6.32. The molecule has 0 bridgehead atoms. The largest absolute Gasteiger partial charge is 0.316 e. The van der Waals surface area contributed by atoms with Crippen LogP contribution < -0.4 is 5.32 Å². The standard InChI is InChI=1S/C18H27NS/c1-19-17-9-4-2-3-5-10-18(17)20-16-12-11-14-7-6-8-15(14)13-16/h11-13,17-19H,2-10H2,1H3. The van der Waals surface area contributed by atoms with Crippen LogP contribution in [0.2, 0.25) is 0 Å². The average Bonchev–Trinajstić information content (AvgIpc) is 2.90. The first-order valence-electron chi connectivity index (χ1n) is 8.32. The van der Waals surface area contributed by atoms with Crippen LogP contribution in [0.15, 0.2) is 23.1 Å². The minimum absolute atomic E-state index is 0.688. The Kier molecular flexibility index (Phi) is 5.06. The van der Waals surface area contributed by atoms with E-state index >= 15 is 0 Å². The quantitative estimate of drug-likeness (QED) is 0.874. The van der Waals surface area contributed by atoms with Crippen molar-refractivity contribution < 1.29 is 0 Å². The van der Waals surface area contributed by atoms with E-state index in [9.17, 15) is 0 Å². The van der Waals surface area contributed by atoms with E-state index in [1.165, 1.54) is 62.7 Å². The monoisotopic (exact) mass is 289 g/mol. The third kappa shape index (κ3) is 3.40. The number of nitrogens with one attached hydrogen (secondary N) is 1. The van der Waals surface area contributed by atoms with Crippen LogP contribution in [-0.4, -0.2) is 18.3 Å². The molecule has 0 saturated heterocycles. The van der Waals surface area contributed by atoms with Crippen molar-refractivity contribution in [2.75, 3.05) is 7.05 Å². The van der Waals surface area contributed by atoms with Gasteiger partial charge in [-0.05, 0) is 62.4 Å². The van der Waals surface area contributed by atoms with Gasteiger partial charge in [-0.25, -0.2) is 0 Å². The molecular formula is C18H27NS. The lowest BCUT2D eigenvalue weighted by Gasteiger charge is -2.28. The van der Waals surface area contributed by atoms with Gasteiger partial charge >= 0.3 is 0 Å². The second kappa shape index (κ2) is 7.00. The molecule has 2 aliphatic carbocycles. The first kappa shape index (κ1) is 14.5. The summed E-state index contributed by atoms with van der Waals surface area (Å²) in [7, 11) is 2.14. The molecule has 0 heterocycles. The van der Waals surface area contributed by atoms with Crippen molar-refractivity contribution in [1.29, 1.82) is 0 Å². The van der Waals surface area contributed by atoms with Crippen LogP contribution in [0.1, 0.15) is 56.1 Å². The molecule has 0 radical (unpaired) electrons. The van der Waals surface area contributed by atoms with Crippen LogP contribution in [0, 0.1) is 0 Å². The van der Waals surface area contributed by atoms with Gasteiger partial charge in [-0.15, -0.1) is 11.8 Å². The lowest BCUT2D eigenvalue weighted by atomic mass is 9.96. The Bertz CT molecular complexity index is 443. The van der Waals surface area contributed by atoms with Crippen LogP contribution in [0.25, 0.3) is 0 Å². The van der Waals surface area contributed by atoms with Gasteiger partial charge in [-0.2, -0.15) is 0 Å². The maximum absolute atomic E-state index is 3.57. The summed E-state index contributed by atoms with van der Waals surface area (Å²) >= 11 is 2.12. The van der Waals surface area contributed by atoms with Crippen LogP contribution in [0.5, 0.6) is 0 Å². The van der Waals surface area contributed by atoms with Crippen molar-refractivity contribution >= 4 is 11.8 Å². The van der Waals surface area contributed by atoms with Crippen LogP contribution in [0.3, 0.4) is 0 Å². The smallest absolute Gasteiger partial charge is 0.0248 e. The molecule has 2 atom stereocenters. The van der Waals surface area contributed by atoms with Gasteiger partial charge in [-0.3, -0.25) is 0 Å². The number of thioether (sulfide) groups is 1. The molecule has 20 heavy (non-hydrogen) atoms. The maximum atomic E-state index is 3.57. The Morgan fingerprint density at radius 3 is 2.60 bits per heavy atom. The molecule has 3 rings (SSSR count). The second-order valence-electron chi connectivity index (χ2n) is 6.33. The normalized spacial score (nSPS) is 26.9. The van der Waals surface area contributed by atoms with E-state index in [1.54, 1.807) is 11.1 Å². The Hall–Kier alpha value is -0.470. The Labute approximate surface area is 127 Å². The number of fused-ring (bicyclic) bond motifs is 1. The van der Waals surface area contributed by atoms with Crippen molar-refractivity contribution in [2.45, 2.75) is 74.0 Å². The second-order valence-corrected chi connectivity index (χ2v) is 7.64. The van der Waals surface area contributed by atoms with Gasteiger partial charge in [0.05, 0.1) is 0 Å². The summed E-state index contributed by atoms with van der Waals surface area (Å²) in [6.45, 7) is 0. The van der Waals surface area contributed by atoms with Gasteiger partial charge in [-0.1, -0.05) is 31.7 Å². The van der Waals surface area contributed by atoms with Crippen molar-refractivity contribution in [1.82, 2.24) is 5.32 Å². The summed E-state index contributed by atoms with van der Waals surface area (Å²) in [5.41, 5.74) is 3.21. The van der Waals surface area contributed by atoms with E-state index in [0.29, 0.717) is 6.04 Å². The molecule has 0 aliphatic heterocycles. The van der Waals surface area contributed by atoms with Gasteiger partial charge in [0, 0.05) is 16.2 Å². The molecular weight excluding hydrogens is 262 g/mol. The van der Waals surface area contributed by atoms with Crippen LogP contribution >= 0.6 is 11.8 Å². The van der Waals surface area contributed by atoms with E-state index in [1.807, 2.05) is 0 Å². The summed E-state index contributed by atoms with van der Waals surface area (Å²) in [4.78, 5) is 1.50. The Balaban J connectivity index is 1.70. The molecule has 2 aliphatic rings. The first-order valence-corrected chi connectivity index (χ1v) is 9.20. The Morgan fingerprint density at radius 1 is 0.950 bits per heavy atom. The van der Waals surface area contributed by atoms with E-state index in [4.69, 9.17) is 0 Å². The van der Waals surface area contributed by atoms with E-state index in [-0.39, 0.29) is 0 Å². The van der Waals surface area contributed by atoms with E-state index in [0.717, 1.165) is 5.25 Å². The minimum atomic E-state index is 0.688. The van der Waals surface area contributed by atoms with Crippen molar-refractivity contribution in [3.63, 3.8) is 0 Å².